The summed E-state index contributed by atoms with van der Waals surface area (Å²) in [5.41, 5.74) is 1.33. The summed E-state index contributed by atoms with van der Waals surface area (Å²) in [6, 6.07) is 9.52. The number of aromatic nitrogens is 2. The molecule has 2 rings (SSSR count). The maximum Gasteiger partial charge on any atom is 0.102 e. The van der Waals surface area contributed by atoms with Gasteiger partial charge in [0.25, 0.3) is 0 Å². The van der Waals surface area contributed by atoms with Gasteiger partial charge in [0.15, 0.2) is 0 Å². The van der Waals surface area contributed by atoms with Gasteiger partial charge in [0.2, 0.25) is 0 Å². The van der Waals surface area contributed by atoms with Gasteiger partial charge in [0.05, 0.1) is 17.3 Å². The number of nitriles is 1. The molecule has 0 fully saturated rings. The van der Waals surface area contributed by atoms with Crippen LogP contribution in [0.2, 0.25) is 0 Å². The Hall–Kier alpha value is -1.95. The molecule has 0 radical (unpaired) electrons. The van der Waals surface area contributed by atoms with E-state index in [-0.39, 0.29) is 0 Å². The van der Waals surface area contributed by atoms with E-state index in [0.29, 0.717) is 5.56 Å². The van der Waals surface area contributed by atoms with E-state index in [1.807, 2.05) is 24.3 Å². The molecule has 0 spiro atoms. The third-order valence-corrected chi connectivity index (χ3v) is 1.67. The molecule has 2 aromatic rings. The number of rotatable bonds is 0. The molecule has 0 aliphatic rings. The first-order chi connectivity index (χ1) is 5.92. The highest BCUT2D eigenvalue weighted by Gasteiger charge is 1.98. The Balaban J connectivity index is 2.91. The van der Waals surface area contributed by atoms with Gasteiger partial charge in [-0.2, -0.15) is 15.5 Å². The lowest BCUT2D eigenvalue weighted by Crippen LogP contribution is -1.86. The summed E-state index contributed by atoms with van der Waals surface area (Å²) in [5.74, 6) is 0. The molecular weight excluding hydrogens is 150 g/mol. The molecule has 0 unspecified atom stereocenters. The van der Waals surface area contributed by atoms with Crippen molar-refractivity contribution >= 4 is 10.9 Å². The molecule has 0 aliphatic carbocycles. The highest BCUT2D eigenvalue weighted by atomic mass is 15.1. The van der Waals surface area contributed by atoms with E-state index < -0.39 is 0 Å². The van der Waals surface area contributed by atoms with Crippen LogP contribution in [0.3, 0.4) is 0 Å². The van der Waals surface area contributed by atoms with Crippen molar-refractivity contribution in [2.75, 3.05) is 0 Å². The molecule has 0 saturated carbocycles. The number of benzene rings is 1. The standard InChI is InChI=1S/C9H5N3/c10-5-7-6-11-12-9-4-2-1-3-8(7)9/h1-4,6H. The molecule has 3 nitrogen and oxygen atoms in total. The minimum absolute atomic E-state index is 0.570. The van der Waals surface area contributed by atoms with Gasteiger partial charge in [-0.05, 0) is 6.07 Å². The molecule has 56 valence electrons. The van der Waals surface area contributed by atoms with Crippen LogP contribution in [0, 0.1) is 11.3 Å². The van der Waals surface area contributed by atoms with Crippen molar-refractivity contribution in [1.82, 2.24) is 10.2 Å². The van der Waals surface area contributed by atoms with Crippen LogP contribution in [0.5, 0.6) is 0 Å². The zero-order chi connectivity index (χ0) is 8.39. The minimum atomic E-state index is 0.570. The number of hydrogen-bond donors (Lipinski definition) is 0. The predicted octanol–water partition coefficient (Wildman–Crippen LogP) is 1.50. The lowest BCUT2D eigenvalue weighted by atomic mass is 10.1. The van der Waals surface area contributed by atoms with Crippen LogP contribution in [0.4, 0.5) is 0 Å². The molecule has 1 aromatic carbocycles. The highest BCUT2D eigenvalue weighted by molar-refractivity contribution is 5.83. The van der Waals surface area contributed by atoms with Crippen molar-refractivity contribution in [3.05, 3.63) is 36.0 Å². The van der Waals surface area contributed by atoms with E-state index in [9.17, 15) is 0 Å². The lowest BCUT2D eigenvalue weighted by Gasteiger charge is -1.94. The smallest absolute Gasteiger partial charge is 0.102 e. The van der Waals surface area contributed by atoms with Gasteiger partial charge in [-0.25, -0.2) is 0 Å². The van der Waals surface area contributed by atoms with Crippen LogP contribution in [-0.4, -0.2) is 10.2 Å². The van der Waals surface area contributed by atoms with Crippen molar-refractivity contribution in [3.63, 3.8) is 0 Å². The van der Waals surface area contributed by atoms with Gasteiger partial charge in [0.1, 0.15) is 6.07 Å². The summed E-state index contributed by atoms with van der Waals surface area (Å²) in [7, 11) is 0. The molecule has 0 saturated heterocycles. The van der Waals surface area contributed by atoms with Crippen LogP contribution < -0.4 is 0 Å². The first-order valence-corrected chi connectivity index (χ1v) is 3.52. The SMILES string of the molecule is N#Cc1cnnc2ccccc12. The van der Waals surface area contributed by atoms with Gasteiger partial charge >= 0.3 is 0 Å². The van der Waals surface area contributed by atoms with E-state index in [0.717, 1.165) is 10.9 Å². The Morgan fingerprint density at radius 3 is 2.92 bits per heavy atom. The van der Waals surface area contributed by atoms with Crippen LogP contribution in [-0.2, 0) is 0 Å². The lowest BCUT2D eigenvalue weighted by molar-refractivity contribution is 1.07. The second-order valence-electron chi connectivity index (χ2n) is 2.39. The van der Waals surface area contributed by atoms with Crippen LogP contribution in [0.25, 0.3) is 10.9 Å². The molecule has 1 heterocycles. The fraction of sp³-hybridized carbons (Fsp3) is 0. The molecule has 0 atom stereocenters. The topological polar surface area (TPSA) is 49.6 Å². The Bertz CT molecular complexity index is 451. The molecule has 0 aliphatic heterocycles. The van der Waals surface area contributed by atoms with Gasteiger partial charge in [-0.1, -0.05) is 18.2 Å². The van der Waals surface area contributed by atoms with Crippen molar-refractivity contribution in [1.29, 1.82) is 5.26 Å². The fourth-order valence-electron chi connectivity index (χ4n) is 1.10. The Morgan fingerprint density at radius 2 is 2.08 bits per heavy atom. The Labute approximate surface area is 69.3 Å². The molecular formula is C9H5N3. The van der Waals surface area contributed by atoms with Crippen LogP contribution >= 0.6 is 0 Å². The molecule has 3 heteroatoms. The average Bonchev–Trinajstić information content (AvgIpc) is 2.17. The normalized spacial score (nSPS) is 9.58. The van der Waals surface area contributed by atoms with E-state index >= 15 is 0 Å². The van der Waals surface area contributed by atoms with Crippen molar-refractivity contribution < 1.29 is 0 Å². The Morgan fingerprint density at radius 1 is 1.25 bits per heavy atom. The average molecular weight is 155 g/mol. The molecule has 0 bridgehead atoms. The van der Waals surface area contributed by atoms with Gasteiger partial charge in [-0.15, -0.1) is 0 Å². The summed E-state index contributed by atoms with van der Waals surface area (Å²) in [5, 5.41) is 17.2. The predicted molar refractivity (Wildman–Crippen MR) is 44.3 cm³/mol. The van der Waals surface area contributed by atoms with Crippen molar-refractivity contribution in [2.24, 2.45) is 0 Å². The summed E-state index contributed by atoms with van der Waals surface area (Å²) >= 11 is 0. The van der Waals surface area contributed by atoms with Crippen molar-refractivity contribution in [2.45, 2.75) is 0 Å². The third-order valence-electron chi connectivity index (χ3n) is 1.67. The van der Waals surface area contributed by atoms with Crippen molar-refractivity contribution in [3.8, 4) is 6.07 Å². The monoisotopic (exact) mass is 155 g/mol. The number of fused-ring (bicyclic) bond motifs is 1. The maximum atomic E-state index is 8.72. The number of nitrogens with zero attached hydrogens (tertiary/aromatic N) is 3. The van der Waals surface area contributed by atoms with Crippen LogP contribution in [0.15, 0.2) is 30.5 Å². The summed E-state index contributed by atoms with van der Waals surface area (Å²) < 4.78 is 0. The van der Waals surface area contributed by atoms with E-state index in [1.165, 1.54) is 6.20 Å². The van der Waals surface area contributed by atoms with Gasteiger partial charge in [0, 0.05) is 5.39 Å². The maximum absolute atomic E-state index is 8.72. The zero-order valence-corrected chi connectivity index (χ0v) is 6.23. The molecule has 12 heavy (non-hydrogen) atoms. The van der Waals surface area contributed by atoms with Crippen LogP contribution in [0.1, 0.15) is 5.56 Å². The van der Waals surface area contributed by atoms with E-state index in [2.05, 4.69) is 16.3 Å². The summed E-state index contributed by atoms with van der Waals surface area (Å²) in [6.07, 6.45) is 1.47. The number of hydrogen-bond acceptors (Lipinski definition) is 3. The summed E-state index contributed by atoms with van der Waals surface area (Å²) in [4.78, 5) is 0. The third kappa shape index (κ3) is 0.903. The quantitative estimate of drug-likeness (QED) is 0.579. The zero-order valence-electron chi connectivity index (χ0n) is 6.23. The second-order valence-corrected chi connectivity index (χ2v) is 2.39. The minimum Gasteiger partial charge on any atom is -0.192 e. The van der Waals surface area contributed by atoms with E-state index in [4.69, 9.17) is 5.26 Å². The molecule has 0 amide bonds. The molecule has 1 aromatic heterocycles. The highest BCUT2D eigenvalue weighted by Crippen LogP contribution is 2.12. The first kappa shape index (κ1) is 6.74. The second kappa shape index (κ2) is 2.59. The van der Waals surface area contributed by atoms with Gasteiger partial charge in [-0.3, -0.25) is 0 Å². The van der Waals surface area contributed by atoms with E-state index in [1.54, 1.807) is 0 Å². The Kier molecular flexibility index (Phi) is 1.45. The molecule has 0 N–H and O–H groups in total. The van der Waals surface area contributed by atoms with Gasteiger partial charge < -0.3 is 0 Å². The summed E-state index contributed by atoms with van der Waals surface area (Å²) in [6.45, 7) is 0. The largest absolute Gasteiger partial charge is 0.192 e. The fourth-order valence-corrected chi connectivity index (χ4v) is 1.10. The first-order valence-electron chi connectivity index (χ1n) is 3.52.